The highest BCUT2D eigenvalue weighted by Crippen LogP contribution is 2.28. The van der Waals surface area contributed by atoms with Gasteiger partial charge in [0.25, 0.3) is 0 Å². The van der Waals surface area contributed by atoms with Gasteiger partial charge in [-0.05, 0) is 61.7 Å². The third kappa shape index (κ3) is 9.06. The Hall–Kier alpha value is -2.54. The summed E-state index contributed by atoms with van der Waals surface area (Å²) >= 11 is 14.0. The molecule has 3 aromatic rings. The minimum Gasteiger partial charge on any atom is -0.350 e. The van der Waals surface area contributed by atoms with Gasteiger partial charge in [0.05, 0.1) is 5.75 Å². The van der Waals surface area contributed by atoms with Crippen LogP contribution in [0.2, 0.25) is 10.0 Å². The predicted octanol–water partition coefficient (Wildman–Crippen LogP) is 6.92. The number of hydrogen-bond acceptors (Lipinski definition) is 3. The quantitative estimate of drug-likeness (QED) is 0.292. The first-order chi connectivity index (χ1) is 17.5. The van der Waals surface area contributed by atoms with Crippen molar-refractivity contribution in [2.75, 3.05) is 5.75 Å². The summed E-state index contributed by atoms with van der Waals surface area (Å²) in [6.45, 7) is 5.88. The first-order valence-electron chi connectivity index (χ1n) is 11.9. The first kappa shape index (κ1) is 29.0. The van der Waals surface area contributed by atoms with Crippen LogP contribution < -0.4 is 5.32 Å². The minimum absolute atomic E-state index is 0.122. The van der Waals surface area contributed by atoms with Crippen molar-refractivity contribution in [3.05, 3.63) is 105 Å². The molecule has 1 atom stereocenters. The Morgan fingerprint density at radius 3 is 2.14 bits per heavy atom. The summed E-state index contributed by atoms with van der Waals surface area (Å²) in [5.41, 5.74) is 1.95. The Morgan fingerprint density at radius 1 is 0.919 bits per heavy atom. The van der Waals surface area contributed by atoms with Crippen LogP contribution >= 0.6 is 35.0 Å². The number of nitrogens with zero attached hydrogens (tertiary/aromatic N) is 1. The number of amides is 2. The first-order valence-corrected chi connectivity index (χ1v) is 13.8. The number of carbonyl (C=O) groups excluding carboxylic acids is 2. The average Bonchev–Trinajstić information content (AvgIpc) is 2.83. The maximum Gasteiger partial charge on any atom is 0.243 e. The van der Waals surface area contributed by atoms with Crippen LogP contribution in [0, 0.1) is 5.82 Å². The zero-order valence-corrected chi connectivity index (χ0v) is 23.5. The number of nitrogens with one attached hydrogen (secondary N) is 1. The largest absolute Gasteiger partial charge is 0.350 e. The van der Waals surface area contributed by atoms with E-state index in [1.54, 1.807) is 35.2 Å². The van der Waals surface area contributed by atoms with E-state index < -0.39 is 11.6 Å². The van der Waals surface area contributed by atoms with Crippen LogP contribution in [-0.4, -0.2) is 34.0 Å². The third-order valence-electron chi connectivity index (χ3n) is 5.57. The van der Waals surface area contributed by atoms with Gasteiger partial charge in [-0.15, -0.1) is 11.8 Å². The Morgan fingerprint density at radius 2 is 1.54 bits per heavy atom. The van der Waals surface area contributed by atoms with E-state index in [0.717, 1.165) is 16.7 Å². The molecule has 3 aromatic carbocycles. The second-order valence-electron chi connectivity index (χ2n) is 9.79. The number of benzene rings is 3. The highest BCUT2D eigenvalue weighted by Gasteiger charge is 2.32. The van der Waals surface area contributed by atoms with Gasteiger partial charge < -0.3 is 10.2 Å². The molecule has 1 N–H and O–H groups in total. The second-order valence-corrected chi connectivity index (χ2v) is 11.6. The predicted molar refractivity (Wildman–Crippen MR) is 151 cm³/mol. The van der Waals surface area contributed by atoms with E-state index in [-0.39, 0.29) is 29.9 Å². The molecule has 8 heteroatoms. The van der Waals surface area contributed by atoms with E-state index in [1.807, 2.05) is 51.1 Å². The lowest BCUT2D eigenvalue weighted by atomic mass is 10.0. The summed E-state index contributed by atoms with van der Waals surface area (Å²) in [4.78, 5) is 28.8. The maximum absolute atomic E-state index is 13.7. The molecule has 0 saturated carbocycles. The molecule has 0 aliphatic carbocycles. The molecule has 0 bridgehead atoms. The van der Waals surface area contributed by atoms with Gasteiger partial charge in [-0.25, -0.2) is 4.39 Å². The van der Waals surface area contributed by atoms with Gasteiger partial charge in [-0.2, -0.15) is 0 Å². The average molecular weight is 562 g/mol. The molecule has 0 spiro atoms. The summed E-state index contributed by atoms with van der Waals surface area (Å²) in [5.74, 6) is -0.239. The zero-order valence-electron chi connectivity index (χ0n) is 21.1. The van der Waals surface area contributed by atoms with E-state index in [0.29, 0.717) is 22.2 Å². The fraction of sp³-hybridized carbons (Fsp3) is 0.310. The van der Waals surface area contributed by atoms with Crippen molar-refractivity contribution < 1.29 is 14.0 Å². The maximum atomic E-state index is 13.7. The molecule has 37 heavy (non-hydrogen) atoms. The number of halogens is 3. The van der Waals surface area contributed by atoms with E-state index in [2.05, 4.69) is 5.32 Å². The topological polar surface area (TPSA) is 49.4 Å². The van der Waals surface area contributed by atoms with Crippen LogP contribution in [-0.2, 0) is 28.3 Å². The lowest BCUT2D eigenvalue weighted by molar-refractivity contribution is -0.140. The van der Waals surface area contributed by atoms with E-state index in [4.69, 9.17) is 23.2 Å². The highest BCUT2D eigenvalue weighted by atomic mass is 35.5. The second kappa shape index (κ2) is 13.3. The summed E-state index contributed by atoms with van der Waals surface area (Å²) < 4.78 is 13.6. The van der Waals surface area contributed by atoms with E-state index >= 15 is 0 Å². The fourth-order valence-electron chi connectivity index (χ4n) is 3.79. The van der Waals surface area contributed by atoms with E-state index in [1.165, 1.54) is 23.9 Å². The number of thioether (sulfide) groups is 1. The highest BCUT2D eigenvalue weighted by molar-refractivity contribution is 7.99. The Labute approximate surface area is 232 Å². The van der Waals surface area contributed by atoms with Crippen molar-refractivity contribution in [3.63, 3.8) is 0 Å². The Bertz CT molecular complexity index is 1180. The standard InChI is InChI=1S/C29H31Cl2FN2O2S/c1-29(2,3)33-28(36)26(16-20-8-5-4-6-9-20)34(17-21-12-14-22(32)15-13-21)27(35)19-37-18-23-24(30)10-7-11-25(23)31/h4-15,26H,16-19H2,1-3H3,(H,33,36). The van der Waals surface area contributed by atoms with Crippen LogP contribution in [0.5, 0.6) is 0 Å². The van der Waals surface area contributed by atoms with Gasteiger partial charge in [-0.1, -0.05) is 71.7 Å². The molecule has 2 amide bonds. The molecule has 1 unspecified atom stereocenters. The molecular formula is C29H31Cl2FN2O2S. The van der Waals surface area contributed by atoms with Gasteiger partial charge in [0.2, 0.25) is 11.8 Å². The molecule has 3 rings (SSSR count). The van der Waals surface area contributed by atoms with Crippen LogP contribution in [0.1, 0.15) is 37.5 Å². The molecule has 4 nitrogen and oxygen atoms in total. The normalized spacial score (nSPS) is 12.2. The summed E-state index contributed by atoms with van der Waals surface area (Å²) in [6.07, 6.45) is 0.344. The molecule has 0 saturated heterocycles. The van der Waals surface area contributed by atoms with Crippen LogP contribution in [0.25, 0.3) is 0 Å². The lowest BCUT2D eigenvalue weighted by Gasteiger charge is -2.34. The van der Waals surface area contributed by atoms with Gasteiger partial charge in [-0.3, -0.25) is 9.59 Å². The van der Waals surface area contributed by atoms with Crippen molar-refractivity contribution in [2.24, 2.45) is 0 Å². The van der Waals surface area contributed by atoms with Crippen molar-refractivity contribution in [1.29, 1.82) is 0 Å². The summed E-state index contributed by atoms with van der Waals surface area (Å²) in [5, 5.41) is 4.12. The molecule has 0 aromatic heterocycles. The smallest absolute Gasteiger partial charge is 0.243 e. The number of rotatable bonds is 10. The molecular weight excluding hydrogens is 530 g/mol. The van der Waals surface area contributed by atoms with Gasteiger partial charge in [0.1, 0.15) is 11.9 Å². The molecule has 0 fully saturated rings. The van der Waals surface area contributed by atoms with Crippen LogP contribution in [0.4, 0.5) is 4.39 Å². The minimum atomic E-state index is -0.760. The summed E-state index contributed by atoms with van der Waals surface area (Å²) in [6, 6.07) is 20.1. The Kier molecular flexibility index (Phi) is 10.4. The van der Waals surface area contributed by atoms with Crippen LogP contribution in [0.3, 0.4) is 0 Å². The van der Waals surface area contributed by atoms with Crippen molar-refractivity contribution in [2.45, 2.75) is 51.1 Å². The molecule has 0 heterocycles. The van der Waals surface area contributed by atoms with Gasteiger partial charge in [0.15, 0.2) is 0 Å². The lowest BCUT2D eigenvalue weighted by Crippen LogP contribution is -2.54. The molecule has 196 valence electrons. The van der Waals surface area contributed by atoms with Crippen molar-refractivity contribution in [3.8, 4) is 0 Å². The third-order valence-corrected chi connectivity index (χ3v) is 7.22. The summed E-state index contributed by atoms with van der Waals surface area (Å²) in [7, 11) is 0. The van der Waals surface area contributed by atoms with Gasteiger partial charge in [0, 0.05) is 34.3 Å². The van der Waals surface area contributed by atoms with Crippen molar-refractivity contribution in [1.82, 2.24) is 10.2 Å². The number of carbonyl (C=O) groups is 2. The zero-order chi connectivity index (χ0) is 27.0. The van der Waals surface area contributed by atoms with Crippen LogP contribution in [0.15, 0.2) is 72.8 Å². The van der Waals surface area contributed by atoms with E-state index in [9.17, 15) is 14.0 Å². The Balaban J connectivity index is 1.88. The molecule has 0 aliphatic rings. The van der Waals surface area contributed by atoms with Gasteiger partial charge >= 0.3 is 0 Å². The fourth-order valence-corrected chi connectivity index (χ4v) is 5.43. The molecule has 0 aliphatic heterocycles. The monoisotopic (exact) mass is 560 g/mol. The van der Waals surface area contributed by atoms with Crippen molar-refractivity contribution >= 4 is 46.8 Å². The molecule has 0 radical (unpaired) electrons. The number of hydrogen-bond donors (Lipinski definition) is 1. The SMILES string of the molecule is CC(C)(C)NC(=O)C(Cc1ccccc1)N(Cc1ccc(F)cc1)C(=O)CSCc1c(Cl)cccc1Cl.